The summed E-state index contributed by atoms with van der Waals surface area (Å²) in [4.78, 5) is 68.1. The second kappa shape index (κ2) is 12.2. The van der Waals surface area contributed by atoms with Gasteiger partial charge in [0, 0.05) is 12.1 Å². The standard InChI is InChI=1S/C32H27N3O6S/c1-3-41-32(40)25-19(2)26(28(37)33-21-14-8-5-9-15-21)42-29(25)34-27(36)24(18-20-12-6-4-7-13-20)35-30(38)22-16-10-11-17-23(22)31(35)39/h4-17,24H,3,18H2,1-2H3,(H,33,37)(H,34,36). The molecule has 9 nitrogen and oxygen atoms in total. The molecule has 0 spiro atoms. The second-order valence-electron chi connectivity index (χ2n) is 9.52. The fourth-order valence-electron chi connectivity index (χ4n) is 4.80. The molecule has 1 aliphatic rings. The van der Waals surface area contributed by atoms with Crippen molar-refractivity contribution < 1.29 is 28.7 Å². The summed E-state index contributed by atoms with van der Waals surface area (Å²) in [5, 5.41) is 5.63. The molecule has 1 atom stereocenters. The van der Waals surface area contributed by atoms with Crippen molar-refractivity contribution in [3.8, 4) is 0 Å². The molecule has 0 saturated carbocycles. The molecule has 1 unspecified atom stereocenters. The maximum Gasteiger partial charge on any atom is 0.341 e. The highest BCUT2D eigenvalue weighted by atomic mass is 32.1. The Morgan fingerprint density at radius 1 is 0.833 bits per heavy atom. The number of thiophene rings is 1. The molecule has 212 valence electrons. The number of benzene rings is 3. The van der Waals surface area contributed by atoms with Crippen molar-refractivity contribution in [1.29, 1.82) is 0 Å². The summed E-state index contributed by atoms with van der Waals surface area (Å²) in [6.07, 6.45) is 0.0403. The third kappa shape index (κ3) is 5.57. The summed E-state index contributed by atoms with van der Waals surface area (Å²) in [5.41, 5.74) is 2.09. The van der Waals surface area contributed by atoms with Gasteiger partial charge in [0.2, 0.25) is 5.91 Å². The van der Waals surface area contributed by atoms with Gasteiger partial charge in [0.1, 0.15) is 11.0 Å². The van der Waals surface area contributed by atoms with E-state index in [-0.39, 0.29) is 39.6 Å². The summed E-state index contributed by atoms with van der Waals surface area (Å²) in [5.74, 6) is -3.02. The lowest BCUT2D eigenvalue weighted by Gasteiger charge is -2.25. The van der Waals surface area contributed by atoms with Crippen LogP contribution >= 0.6 is 11.3 Å². The number of amides is 4. The Labute approximate surface area is 246 Å². The highest BCUT2D eigenvalue weighted by Crippen LogP contribution is 2.35. The van der Waals surface area contributed by atoms with Gasteiger partial charge in [-0.15, -0.1) is 11.3 Å². The van der Waals surface area contributed by atoms with Crippen LogP contribution in [0.5, 0.6) is 0 Å². The van der Waals surface area contributed by atoms with Crippen LogP contribution in [0.4, 0.5) is 10.7 Å². The number of hydrogen-bond donors (Lipinski definition) is 2. The molecule has 2 heterocycles. The van der Waals surface area contributed by atoms with Crippen molar-refractivity contribution in [3.63, 3.8) is 0 Å². The van der Waals surface area contributed by atoms with Gasteiger partial charge in [0.15, 0.2) is 0 Å². The largest absolute Gasteiger partial charge is 0.462 e. The average Bonchev–Trinajstić information content (AvgIpc) is 3.45. The summed E-state index contributed by atoms with van der Waals surface area (Å²) in [6.45, 7) is 3.34. The number of nitrogens with zero attached hydrogens (tertiary/aromatic N) is 1. The summed E-state index contributed by atoms with van der Waals surface area (Å²) in [7, 11) is 0. The van der Waals surface area contributed by atoms with Crippen LogP contribution in [0.1, 0.15) is 58.8 Å². The third-order valence-corrected chi connectivity index (χ3v) is 8.02. The predicted molar refractivity (Wildman–Crippen MR) is 159 cm³/mol. The van der Waals surface area contributed by atoms with Crippen LogP contribution in [0.2, 0.25) is 0 Å². The monoisotopic (exact) mass is 581 g/mol. The molecular formula is C32H27N3O6S. The number of rotatable bonds is 9. The Hall–Kier alpha value is -5.09. The molecule has 0 fully saturated rings. The first-order valence-corrected chi connectivity index (χ1v) is 14.1. The number of nitrogens with one attached hydrogen (secondary N) is 2. The summed E-state index contributed by atoms with van der Waals surface area (Å²) < 4.78 is 5.24. The number of ether oxygens (including phenoxy) is 1. The highest BCUT2D eigenvalue weighted by molar-refractivity contribution is 7.19. The molecule has 0 aliphatic carbocycles. The fourth-order valence-corrected chi connectivity index (χ4v) is 5.89. The summed E-state index contributed by atoms with van der Waals surface area (Å²) in [6, 6.07) is 23.0. The minimum Gasteiger partial charge on any atom is -0.462 e. The minimum absolute atomic E-state index is 0.0363. The van der Waals surface area contributed by atoms with Gasteiger partial charge in [-0.1, -0.05) is 60.7 Å². The molecule has 1 aromatic heterocycles. The first kappa shape index (κ1) is 28.4. The first-order chi connectivity index (χ1) is 20.3. The number of carbonyl (C=O) groups excluding carboxylic acids is 5. The number of esters is 1. The first-order valence-electron chi connectivity index (χ1n) is 13.3. The number of para-hydroxylation sites is 1. The topological polar surface area (TPSA) is 122 Å². The van der Waals surface area contributed by atoms with E-state index in [4.69, 9.17) is 4.74 Å². The zero-order chi connectivity index (χ0) is 29.8. The second-order valence-corrected chi connectivity index (χ2v) is 10.5. The van der Waals surface area contributed by atoms with E-state index in [9.17, 15) is 24.0 Å². The van der Waals surface area contributed by atoms with Crippen molar-refractivity contribution in [2.24, 2.45) is 0 Å². The van der Waals surface area contributed by atoms with E-state index in [2.05, 4.69) is 10.6 Å². The van der Waals surface area contributed by atoms with Crippen molar-refractivity contribution >= 4 is 51.6 Å². The highest BCUT2D eigenvalue weighted by Gasteiger charge is 2.43. The Bertz CT molecular complexity index is 1650. The lowest BCUT2D eigenvalue weighted by atomic mass is 10.0. The number of hydrogen-bond acceptors (Lipinski definition) is 7. The Morgan fingerprint density at radius 2 is 1.40 bits per heavy atom. The van der Waals surface area contributed by atoms with Gasteiger partial charge in [0.25, 0.3) is 17.7 Å². The normalized spacial score (nSPS) is 13.0. The van der Waals surface area contributed by atoms with Crippen molar-refractivity contribution in [2.75, 3.05) is 17.2 Å². The minimum atomic E-state index is -1.24. The molecule has 0 saturated heterocycles. The molecule has 5 rings (SSSR count). The molecule has 0 radical (unpaired) electrons. The fraction of sp³-hybridized carbons (Fsp3) is 0.156. The van der Waals surface area contributed by atoms with Gasteiger partial charge < -0.3 is 15.4 Å². The molecule has 2 N–H and O–H groups in total. The van der Waals surface area contributed by atoms with E-state index < -0.39 is 35.6 Å². The number of carbonyl (C=O) groups is 5. The Kier molecular flexibility index (Phi) is 8.26. The van der Waals surface area contributed by atoms with Gasteiger partial charge in [0.05, 0.1) is 28.2 Å². The molecule has 10 heteroatoms. The quantitative estimate of drug-likeness (QED) is 0.204. The van der Waals surface area contributed by atoms with Crippen molar-refractivity contribution in [3.05, 3.63) is 118 Å². The van der Waals surface area contributed by atoms with Gasteiger partial charge in [-0.3, -0.25) is 24.1 Å². The molecule has 3 aromatic carbocycles. The van der Waals surface area contributed by atoms with Crippen LogP contribution in [0.25, 0.3) is 0 Å². The third-order valence-electron chi connectivity index (χ3n) is 6.81. The predicted octanol–water partition coefficient (Wildman–Crippen LogP) is 5.33. The molecular weight excluding hydrogens is 554 g/mol. The maximum atomic E-state index is 14.0. The number of anilines is 2. The SMILES string of the molecule is CCOC(=O)c1c(NC(=O)C(Cc2ccccc2)N2C(=O)c3ccccc3C2=O)sc(C(=O)Nc2ccccc2)c1C. The smallest absolute Gasteiger partial charge is 0.341 e. The molecule has 4 amide bonds. The molecule has 1 aliphatic heterocycles. The van der Waals surface area contributed by atoms with Crippen LogP contribution in [0.15, 0.2) is 84.9 Å². The van der Waals surface area contributed by atoms with Crippen LogP contribution in [-0.4, -0.2) is 47.1 Å². The Morgan fingerprint density at radius 3 is 2.00 bits per heavy atom. The molecule has 4 aromatic rings. The number of imide groups is 1. The Balaban J connectivity index is 1.51. The van der Waals surface area contributed by atoms with Crippen LogP contribution in [0, 0.1) is 6.92 Å². The van der Waals surface area contributed by atoms with E-state index in [1.807, 2.05) is 12.1 Å². The van der Waals surface area contributed by atoms with E-state index in [1.165, 1.54) is 0 Å². The van der Waals surface area contributed by atoms with Crippen LogP contribution < -0.4 is 10.6 Å². The zero-order valence-corrected chi connectivity index (χ0v) is 23.7. The van der Waals surface area contributed by atoms with Crippen molar-refractivity contribution in [2.45, 2.75) is 26.3 Å². The lowest BCUT2D eigenvalue weighted by molar-refractivity contribution is -0.119. The molecule has 42 heavy (non-hydrogen) atoms. The lowest BCUT2D eigenvalue weighted by Crippen LogP contribution is -2.48. The maximum absolute atomic E-state index is 14.0. The number of fused-ring (bicyclic) bond motifs is 1. The van der Waals surface area contributed by atoms with Gasteiger partial charge in [-0.05, 0) is 49.2 Å². The van der Waals surface area contributed by atoms with E-state index in [0.29, 0.717) is 11.3 Å². The van der Waals surface area contributed by atoms with E-state index in [0.717, 1.165) is 21.8 Å². The van der Waals surface area contributed by atoms with Gasteiger partial charge in [-0.2, -0.15) is 0 Å². The zero-order valence-electron chi connectivity index (χ0n) is 22.9. The van der Waals surface area contributed by atoms with Gasteiger partial charge >= 0.3 is 5.97 Å². The van der Waals surface area contributed by atoms with Crippen LogP contribution in [-0.2, 0) is 16.0 Å². The molecule has 0 bridgehead atoms. The van der Waals surface area contributed by atoms with E-state index >= 15 is 0 Å². The van der Waals surface area contributed by atoms with E-state index in [1.54, 1.807) is 86.6 Å². The average molecular weight is 582 g/mol. The van der Waals surface area contributed by atoms with Gasteiger partial charge in [-0.25, -0.2) is 4.79 Å². The van der Waals surface area contributed by atoms with Crippen LogP contribution in [0.3, 0.4) is 0 Å². The van der Waals surface area contributed by atoms with Crippen molar-refractivity contribution in [1.82, 2.24) is 4.90 Å². The summed E-state index contributed by atoms with van der Waals surface area (Å²) >= 11 is 0.918.